The molecule has 17 heavy (non-hydrogen) atoms. The highest BCUT2D eigenvalue weighted by molar-refractivity contribution is 5.39. The van der Waals surface area contributed by atoms with Crippen LogP contribution in [-0.2, 0) is 0 Å². The Bertz CT molecular complexity index is 379. The highest BCUT2D eigenvalue weighted by atomic mass is 16.5. The Kier molecular flexibility index (Phi) is 3.66. The molecule has 1 heterocycles. The third kappa shape index (κ3) is 2.97. The zero-order valence-corrected chi connectivity index (χ0v) is 10.0. The average molecular weight is 237 g/mol. The molecule has 4 nitrogen and oxygen atoms in total. The van der Waals surface area contributed by atoms with Gasteiger partial charge < -0.3 is 20.3 Å². The molecule has 1 aromatic carbocycles. The summed E-state index contributed by atoms with van der Waals surface area (Å²) in [5.41, 5.74) is 0.155. The van der Waals surface area contributed by atoms with Crippen molar-refractivity contribution in [3.63, 3.8) is 0 Å². The predicted octanol–water partition coefficient (Wildman–Crippen LogP) is 0.495. The van der Waals surface area contributed by atoms with E-state index in [0.29, 0.717) is 19.1 Å². The number of fused-ring (bicyclic) bond motifs is 1. The minimum Gasteiger partial charge on any atom is -0.493 e. The molecule has 0 spiro atoms. The van der Waals surface area contributed by atoms with E-state index in [4.69, 9.17) is 9.84 Å². The second-order valence-electron chi connectivity index (χ2n) is 4.83. The molecule has 0 aliphatic carbocycles. The number of rotatable bonds is 5. The summed E-state index contributed by atoms with van der Waals surface area (Å²) in [5.74, 6) is 1.27. The van der Waals surface area contributed by atoms with E-state index in [1.54, 1.807) is 6.92 Å². The fourth-order valence-electron chi connectivity index (χ4n) is 1.97. The van der Waals surface area contributed by atoms with Gasteiger partial charge in [-0.15, -0.1) is 0 Å². The van der Waals surface area contributed by atoms with Gasteiger partial charge in [0.05, 0.1) is 18.8 Å². The molecular weight excluding hydrogens is 218 g/mol. The number of benzene rings is 1. The fraction of sp³-hybridized carbons (Fsp3) is 0.538. The summed E-state index contributed by atoms with van der Waals surface area (Å²) in [6.07, 6.45) is 0. The summed E-state index contributed by atoms with van der Waals surface area (Å²) in [5, 5.41) is 21.7. The summed E-state index contributed by atoms with van der Waals surface area (Å²) < 4.78 is 5.57. The van der Waals surface area contributed by atoms with Crippen molar-refractivity contribution in [1.82, 2.24) is 5.32 Å². The summed E-state index contributed by atoms with van der Waals surface area (Å²) in [4.78, 5) is 0. The van der Waals surface area contributed by atoms with Crippen LogP contribution in [0.5, 0.6) is 5.75 Å². The molecule has 1 aromatic rings. The molecule has 0 saturated heterocycles. The first-order valence-corrected chi connectivity index (χ1v) is 5.88. The van der Waals surface area contributed by atoms with E-state index in [9.17, 15) is 5.11 Å². The fourth-order valence-corrected chi connectivity index (χ4v) is 1.97. The lowest BCUT2D eigenvalue weighted by molar-refractivity contribution is 0.00258. The van der Waals surface area contributed by atoms with E-state index in [2.05, 4.69) is 11.4 Å². The van der Waals surface area contributed by atoms with Crippen molar-refractivity contribution in [3.05, 3.63) is 29.8 Å². The topological polar surface area (TPSA) is 61.7 Å². The van der Waals surface area contributed by atoms with Gasteiger partial charge in [-0.3, -0.25) is 0 Å². The standard InChI is InChI=1S/C13H19NO3/c1-13(16,9-15)8-14-6-10-7-17-12-5-3-2-4-11(10)12/h2-5,10,14-16H,6-9H2,1H3. The van der Waals surface area contributed by atoms with Gasteiger partial charge in [-0.05, 0) is 13.0 Å². The largest absolute Gasteiger partial charge is 0.493 e. The molecule has 0 saturated carbocycles. The monoisotopic (exact) mass is 237 g/mol. The van der Waals surface area contributed by atoms with E-state index >= 15 is 0 Å². The number of nitrogens with one attached hydrogen (secondary N) is 1. The summed E-state index contributed by atoms with van der Waals surface area (Å²) in [6, 6.07) is 8.01. The normalized spacial score (nSPS) is 21.7. The van der Waals surface area contributed by atoms with Crippen LogP contribution in [-0.4, -0.2) is 42.1 Å². The number of para-hydroxylation sites is 1. The Hall–Kier alpha value is -1.10. The van der Waals surface area contributed by atoms with Crippen LogP contribution in [0.15, 0.2) is 24.3 Å². The highest BCUT2D eigenvalue weighted by Crippen LogP contribution is 2.32. The van der Waals surface area contributed by atoms with Crippen molar-refractivity contribution in [2.24, 2.45) is 0 Å². The van der Waals surface area contributed by atoms with E-state index in [1.165, 1.54) is 5.56 Å². The molecule has 4 heteroatoms. The van der Waals surface area contributed by atoms with Crippen LogP contribution in [0.1, 0.15) is 18.4 Å². The first-order valence-electron chi connectivity index (χ1n) is 5.88. The maximum atomic E-state index is 9.65. The Labute approximate surface area is 101 Å². The van der Waals surface area contributed by atoms with Crippen LogP contribution in [0.3, 0.4) is 0 Å². The molecule has 0 fully saturated rings. The summed E-state index contributed by atoms with van der Waals surface area (Å²) in [7, 11) is 0. The number of aliphatic hydroxyl groups is 2. The Morgan fingerprint density at radius 2 is 2.24 bits per heavy atom. The SMILES string of the molecule is CC(O)(CO)CNCC1COc2ccccc21. The molecule has 0 bridgehead atoms. The number of aliphatic hydroxyl groups excluding tert-OH is 1. The van der Waals surface area contributed by atoms with Crippen LogP contribution in [0.2, 0.25) is 0 Å². The van der Waals surface area contributed by atoms with E-state index in [0.717, 1.165) is 12.3 Å². The Balaban J connectivity index is 1.86. The molecule has 1 aliphatic heterocycles. The molecule has 2 unspecified atom stereocenters. The molecule has 0 aromatic heterocycles. The molecule has 1 aliphatic rings. The maximum Gasteiger partial charge on any atom is 0.122 e. The Morgan fingerprint density at radius 1 is 1.47 bits per heavy atom. The van der Waals surface area contributed by atoms with E-state index < -0.39 is 5.60 Å². The first-order chi connectivity index (χ1) is 8.12. The van der Waals surface area contributed by atoms with E-state index in [1.807, 2.05) is 18.2 Å². The summed E-state index contributed by atoms with van der Waals surface area (Å²) >= 11 is 0. The van der Waals surface area contributed by atoms with Crippen LogP contribution < -0.4 is 10.1 Å². The van der Waals surface area contributed by atoms with Crippen molar-refractivity contribution in [2.45, 2.75) is 18.4 Å². The van der Waals surface area contributed by atoms with Gasteiger partial charge in [0.15, 0.2) is 0 Å². The van der Waals surface area contributed by atoms with Gasteiger partial charge in [-0.25, -0.2) is 0 Å². The van der Waals surface area contributed by atoms with Crippen LogP contribution >= 0.6 is 0 Å². The van der Waals surface area contributed by atoms with Crippen molar-refractivity contribution < 1.29 is 14.9 Å². The minimum atomic E-state index is -1.06. The zero-order chi connectivity index (χ0) is 12.3. The van der Waals surface area contributed by atoms with Crippen LogP contribution in [0.4, 0.5) is 0 Å². The van der Waals surface area contributed by atoms with Crippen LogP contribution in [0.25, 0.3) is 0 Å². The van der Waals surface area contributed by atoms with Gasteiger partial charge in [0.2, 0.25) is 0 Å². The molecule has 2 rings (SSSR count). The lowest BCUT2D eigenvalue weighted by Gasteiger charge is -2.21. The zero-order valence-electron chi connectivity index (χ0n) is 10.0. The molecule has 94 valence electrons. The minimum absolute atomic E-state index is 0.238. The summed E-state index contributed by atoms with van der Waals surface area (Å²) in [6.45, 7) is 3.17. The predicted molar refractivity (Wildman–Crippen MR) is 65.3 cm³/mol. The third-order valence-corrected chi connectivity index (χ3v) is 3.04. The van der Waals surface area contributed by atoms with Gasteiger partial charge in [0.25, 0.3) is 0 Å². The quantitative estimate of drug-likeness (QED) is 0.697. The second kappa shape index (κ2) is 5.04. The third-order valence-electron chi connectivity index (χ3n) is 3.04. The van der Waals surface area contributed by atoms with Crippen molar-refractivity contribution in [3.8, 4) is 5.75 Å². The van der Waals surface area contributed by atoms with Crippen molar-refractivity contribution in [2.75, 3.05) is 26.3 Å². The van der Waals surface area contributed by atoms with Gasteiger partial charge in [-0.1, -0.05) is 18.2 Å². The number of hydrogen-bond acceptors (Lipinski definition) is 4. The molecule has 2 atom stereocenters. The first kappa shape index (κ1) is 12.4. The van der Waals surface area contributed by atoms with Crippen molar-refractivity contribution >= 4 is 0 Å². The molecule has 0 amide bonds. The molecule has 3 N–H and O–H groups in total. The van der Waals surface area contributed by atoms with Crippen LogP contribution in [0, 0.1) is 0 Å². The lowest BCUT2D eigenvalue weighted by Crippen LogP contribution is -2.42. The number of hydrogen-bond donors (Lipinski definition) is 3. The van der Waals surface area contributed by atoms with Gasteiger partial charge in [0, 0.05) is 24.6 Å². The molecular formula is C13H19NO3. The van der Waals surface area contributed by atoms with E-state index in [-0.39, 0.29) is 6.61 Å². The smallest absolute Gasteiger partial charge is 0.122 e. The van der Waals surface area contributed by atoms with Gasteiger partial charge in [-0.2, -0.15) is 0 Å². The second-order valence-corrected chi connectivity index (χ2v) is 4.83. The number of ether oxygens (including phenoxy) is 1. The maximum absolute atomic E-state index is 9.65. The molecule has 0 radical (unpaired) electrons. The van der Waals surface area contributed by atoms with Gasteiger partial charge in [0.1, 0.15) is 5.75 Å². The average Bonchev–Trinajstić information content (AvgIpc) is 2.73. The van der Waals surface area contributed by atoms with Gasteiger partial charge >= 0.3 is 0 Å². The highest BCUT2D eigenvalue weighted by Gasteiger charge is 2.24. The Morgan fingerprint density at radius 3 is 3.00 bits per heavy atom. The lowest BCUT2D eigenvalue weighted by atomic mass is 10.0. The van der Waals surface area contributed by atoms with Crippen molar-refractivity contribution in [1.29, 1.82) is 0 Å².